The molecule has 0 saturated carbocycles. The number of fused-ring (bicyclic) bond motifs is 1. The molecule has 2 aromatic rings. The van der Waals surface area contributed by atoms with Crippen LogP contribution in [0, 0.1) is 0 Å². The van der Waals surface area contributed by atoms with E-state index in [9.17, 15) is 19.1 Å². The van der Waals surface area contributed by atoms with Gasteiger partial charge in [0.05, 0.1) is 6.33 Å². The minimum atomic E-state index is -4.76. The topological polar surface area (TPSA) is 156 Å². The number of rotatable bonds is 5. The van der Waals surface area contributed by atoms with Gasteiger partial charge in [0.2, 0.25) is 11.9 Å². The number of nitrogen functional groups attached to an aromatic ring is 1. The summed E-state index contributed by atoms with van der Waals surface area (Å²) in [6, 6.07) is 0. The molecule has 0 aliphatic heterocycles. The highest BCUT2D eigenvalue weighted by molar-refractivity contribution is 7.51. The maximum atomic E-state index is 12.2. The van der Waals surface area contributed by atoms with Crippen LogP contribution in [0.3, 0.4) is 0 Å². The van der Waals surface area contributed by atoms with Crippen LogP contribution >= 0.6 is 7.60 Å². The van der Waals surface area contributed by atoms with E-state index in [2.05, 4.69) is 15.0 Å². The predicted octanol–water partition coefficient (Wildman–Crippen LogP) is -0.238. The van der Waals surface area contributed by atoms with E-state index in [1.165, 1.54) is 6.33 Å². The number of nitrogens with zero attached hydrogens (tertiary/aromatic N) is 3. The molecule has 20 heavy (non-hydrogen) atoms. The van der Waals surface area contributed by atoms with Gasteiger partial charge in [-0.1, -0.05) is 6.92 Å². The summed E-state index contributed by atoms with van der Waals surface area (Å²) in [5, 5.41) is 0. The van der Waals surface area contributed by atoms with Crippen molar-refractivity contribution in [3.05, 3.63) is 16.7 Å². The third-order valence-corrected chi connectivity index (χ3v) is 3.45. The summed E-state index contributed by atoms with van der Waals surface area (Å²) in [7, 11) is -4.76. The van der Waals surface area contributed by atoms with Gasteiger partial charge in [0.15, 0.2) is 11.2 Å². The molecule has 0 amide bonds. The van der Waals surface area contributed by atoms with Gasteiger partial charge in [-0.05, 0) is 6.42 Å². The SMILES string of the molecule is CCCOC(n1c(N)nc2[nH]cnc2c1=O)P(=O)(O)O. The highest BCUT2D eigenvalue weighted by atomic mass is 31.2. The molecule has 1 unspecified atom stereocenters. The number of hydrogen-bond donors (Lipinski definition) is 4. The van der Waals surface area contributed by atoms with E-state index in [-0.39, 0.29) is 23.7 Å². The summed E-state index contributed by atoms with van der Waals surface area (Å²) in [5.41, 5.74) is 4.89. The van der Waals surface area contributed by atoms with Crippen molar-refractivity contribution >= 4 is 24.7 Å². The van der Waals surface area contributed by atoms with Gasteiger partial charge in [-0.3, -0.25) is 9.36 Å². The van der Waals surface area contributed by atoms with Crippen molar-refractivity contribution in [2.75, 3.05) is 12.3 Å². The molecule has 0 fully saturated rings. The van der Waals surface area contributed by atoms with Crippen LogP contribution in [0.2, 0.25) is 0 Å². The second kappa shape index (κ2) is 5.33. The number of H-pyrrole nitrogens is 1. The lowest BCUT2D eigenvalue weighted by molar-refractivity contribution is 0.0409. The first-order chi connectivity index (χ1) is 9.36. The molecule has 0 aromatic carbocycles. The molecular formula is C9H14N5O5P. The van der Waals surface area contributed by atoms with E-state index in [0.717, 1.165) is 0 Å². The van der Waals surface area contributed by atoms with Crippen LogP contribution in [-0.4, -0.2) is 35.9 Å². The molecule has 0 aliphatic rings. The lowest BCUT2D eigenvalue weighted by Crippen LogP contribution is -2.30. The third kappa shape index (κ3) is 2.59. The van der Waals surface area contributed by atoms with Gasteiger partial charge in [-0.2, -0.15) is 4.98 Å². The molecule has 0 spiro atoms. The van der Waals surface area contributed by atoms with Crippen molar-refractivity contribution in [3.8, 4) is 0 Å². The van der Waals surface area contributed by atoms with Gasteiger partial charge in [-0.15, -0.1) is 0 Å². The second-order valence-electron chi connectivity index (χ2n) is 4.03. The zero-order valence-electron chi connectivity index (χ0n) is 10.6. The Hall–Kier alpha value is -1.74. The van der Waals surface area contributed by atoms with Crippen LogP contribution in [0.25, 0.3) is 11.2 Å². The first-order valence-corrected chi connectivity index (χ1v) is 7.42. The third-order valence-electron chi connectivity index (χ3n) is 2.49. The normalized spacial score (nSPS) is 13.8. The molecule has 110 valence electrons. The van der Waals surface area contributed by atoms with Crippen molar-refractivity contribution in [1.29, 1.82) is 0 Å². The molecule has 0 aliphatic carbocycles. The number of nitrogens with one attached hydrogen (secondary N) is 1. The van der Waals surface area contributed by atoms with Gasteiger partial charge < -0.3 is 25.2 Å². The van der Waals surface area contributed by atoms with E-state index in [1.807, 2.05) is 0 Å². The Bertz CT molecular complexity index is 719. The van der Waals surface area contributed by atoms with Crippen LogP contribution in [0.5, 0.6) is 0 Å². The number of aromatic nitrogens is 4. The number of ether oxygens (including phenoxy) is 1. The van der Waals surface area contributed by atoms with Gasteiger partial charge in [0.25, 0.3) is 5.56 Å². The second-order valence-corrected chi connectivity index (χ2v) is 5.65. The summed E-state index contributed by atoms with van der Waals surface area (Å²) in [6.07, 6.45) is 1.76. The summed E-state index contributed by atoms with van der Waals surface area (Å²) in [6.45, 7) is 1.82. The summed E-state index contributed by atoms with van der Waals surface area (Å²) < 4.78 is 17.2. The molecule has 2 heterocycles. The average Bonchev–Trinajstić information content (AvgIpc) is 2.79. The van der Waals surface area contributed by atoms with Crippen LogP contribution in [-0.2, 0) is 9.30 Å². The average molecular weight is 303 g/mol. The van der Waals surface area contributed by atoms with Crippen molar-refractivity contribution in [2.45, 2.75) is 19.3 Å². The molecular weight excluding hydrogens is 289 g/mol. The van der Waals surface area contributed by atoms with Crippen molar-refractivity contribution in [3.63, 3.8) is 0 Å². The Morgan fingerprint density at radius 3 is 2.90 bits per heavy atom. The minimum absolute atomic E-state index is 0.0558. The lowest BCUT2D eigenvalue weighted by Gasteiger charge is -2.21. The Balaban J connectivity index is 2.63. The van der Waals surface area contributed by atoms with Crippen molar-refractivity contribution in [2.24, 2.45) is 0 Å². The highest BCUT2D eigenvalue weighted by Gasteiger charge is 2.34. The molecule has 0 radical (unpaired) electrons. The monoisotopic (exact) mass is 303 g/mol. The summed E-state index contributed by atoms with van der Waals surface area (Å²) in [4.78, 5) is 41.1. The Kier molecular flexibility index (Phi) is 3.91. The maximum Gasteiger partial charge on any atom is 0.375 e. The number of anilines is 1. The van der Waals surface area contributed by atoms with Crippen molar-refractivity contribution in [1.82, 2.24) is 19.5 Å². The minimum Gasteiger partial charge on any atom is -0.369 e. The van der Waals surface area contributed by atoms with Gasteiger partial charge in [0.1, 0.15) is 0 Å². The molecule has 5 N–H and O–H groups in total. The van der Waals surface area contributed by atoms with Gasteiger partial charge in [0, 0.05) is 6.61 Å². The highest BCUT2D eigenvalue weighted by Crippen LogP contribution is 2.49. The smallest absolute Gasteiger partial charge is 0.369 e. The van der Waals surface area contributed by atoms with Crippen LogP contribution in [0.1, 0.15) is 19.3 Å². The van der Waals surface area contributed by atoms with Crippen LogP contribution in [0.15, 0.2) is 11.1 Å². The zero-order chi connectivity index (χ0) is 14.9. The fraction of sp³-hybridized carbons (Fsp3) is 0.444. The van der Waals surface area contributed by atoms with Crippen molar-refractivity contribution < 1.29 is 19.1 Å². The molecule has 1 atom stereocenters. The number of imidazole rings is 1. The van der Waals surface area contributed by atoms with E-state index < -0.39 is 19.1 Å². The maximum absolute atomic E-state index is 12.2. The van der Waals surface area contributed by atoms with Gasteiger partial charge >= 0.3 is 7.60 Å². The first-order valence-electron chi connectivity index (χ1n) is 5.74. The molecule has 2 rings (SSSR count). The fourth-order valence-corrected chi connectivity index (χ4v) is 2.50. The van der Waals surface area contributed by atoms with Gasteiger partial charge in [-0.25, -0.2) is 9.55 Å². The fourth-order valence-electron chi connectivity index (χ4n) is 1.67. The van der Waals surface area contributed by atoms with E-state index in [4.69, 9.17) is 10.5 Å². The predicted molar refractivity (Wildman–Crippen MR) is 69.9 cm³/mol. The first kappa shape index (κ1) is 14.7. The number of hydrogen-bond acceptors (Lipinski definition) is 6. The molecule has 2 aromatic heterocycles. The van der Waals surface area contributed by atoms with Crippen LogP contribution < -0.4 is 11.3 Å². The lowest BCUT2D eigenvalue weighted by atomic mass is 10.5. The van der Waals surface area contributed by atoms with E-state index in [0.29, 0.717) is 11.0 Å². The molecule has 10 nitrogen and oxygen atoms in total. The summed E-state index contributed by atoms with van der Waals surface area (Å²) in [5.74, 6) is -2.18. The van der Waals surface area contributed by atoms with Crippen LogP contribution in [0.4, 0.5) is 5.95 Å². The van der Waals surface area contributed by atoms with E-state index >= 15 is 0 Å². The van der Waals surface area contributed by atoms with E-state index in [1.54, 1.807) is 6.92 Å². The number of aromatic amines is 1. The number of nitrogens with two attached hydrogens (primary N) is 1. The molecule has 11 heteroatoms. The quantitative estimate of drug-likeness (QED) is 0.551. The Labute approximate surface area is 112 Å². The Morgan fingerprint density at radius 2 is 2.30 bits per heavy atom. The summed E-state index contributed by atoms with van der Waals surface area (Å²) >= 11 is 0. The standard InChI is InChI=1S/C9H14N5O5P/c1-2-3-19-9(20(16,17)18)14-7(15)5-6(12-4-11-5)13-8(14)10/h4,9H,2-3H2,1H3,(H2,10,13)(H,11,12)(H2,16,17,18). The largest absolute Gasteiger partial charge is 0.375 e. The Morgan fingerprint density at radius 1 is 1.60 bits per heavy atom. The molecule has 0 saturated heterocycles. The molecule has 0 bridgehead atoms. The zero-order valence-corrected chi connectivity index (χ0v) is 11.4.